The lowest BCUT2D eigenvalue weighted by atomic mass is 9.86. The molecule has 0 aliphatic heterocycles. The summed E-state index contributed by atoms with van der Waals surface area (Å²) in [6.45, 7) is 6.63. The number of aromatic amines is 1. The molecule has 2 aromatic carbocycles. The Morgan fingerprint density at radius 2 is 1.79 bits per heavy atom. The maximum absolute atomic E-state index is 10.7. The third-order valence-corrected chi connectivity index (χ3v) is 5.00. The molecular weight excluding hydrogens is 318 g/mol. The smallest absolute Gasteiger partial charge is 0.313 e. The van der Waals surface area contributed by atoms with Gasteiger partial charge in [0.25, 0.3) is 0 Å². The van der Waals surface area contributed by atoms with Crippen LogP contribution < -0.4 is 0 Å². The van der Waals surface area contributed by atoms with Crippen molar-refractivity contribution in [1.82, 2.24) is 4.98 Å². The first-order chi connectivity index (χ1) is 11.3. The summed E-state index contributed by atoms with van der Waals surface area (Å²) in [6.07, 6.45) is 0. The topological polar surface area (TPSA) is 53.1 Å². The molecule has 2 N–H and O–H groups in total. The van der Waals surface area contributed by atoms with Crippen LogP contribution in [0.25, 0.3) is 22.2 Å². The summed E-state index contributed by atoms with van der Waals surface area (Å²) in [5.41, 5.74) is 4.75. The van der Waals surface area contributed by atoms with Crippen molar-refractivity contribution >= 4 is 28.6 Å². The lowest BCUT2D eigenvalue weighted by molar-refractivity contribution is -0.133. The van der Waals surface area contributed by atoms with Crippen LogP contribution >= 0.6 is 11.8 Å². The molecular formula is C20H21NO2S. The van der Waals surface area contributed by atoms with Crippen LogP contribution in [0.2, 0.25) is 0 Å². The van der Waals surface area contributed by atoms with Crippen LogP contribution in [0.1, 0.15) is 26.3 Å². The van der Waals surface area contributed by atoms with Gasteiger partial charge in [0.05, 0.1) is 5.75 Å². The van der Waals surface area contributed by atoms with Crippen molar-refractivity contribution in [2.75, 3.05) is 5.75 Å². The summed E-state index contributed by atoms with van der Waals surface area (Å²) in [6, 6.07) is 16.8. The van der Waals surface area contributed by atoms with Crippen molar-refractivity contribution < 1.29 is 9.90 Å². The zero-order valence-electron chi connectivity index (χ0n) is 14.1. The molecule has 0 unspecified atom stereocenters. The number of thioether (sulfide) groups is 1. The second kappa shape index (κ2) is 6.36. The number of aromatic nitrogens is 1. The molecule has 0 radical (unpaired) electrons. The van der Waals surface area contributed by atoms with Crippen LogP contribution in [-0.2, 0) is 10.2 Å². The molecule has 124 valence electrons. The number of H-pyrrole nitrogens is 1. The van der Waals surface area contributed by atoms with Crippen LogP contribution in [-0.4, -0.2) is 21.8 Å². The van der Waals surface area contributed by atoms with E-state index in [4.69, 9.17) is 5.11 Å². The Labute approximate surface area is 146 Å². The molecule has 1 heterocycles. The van der Waals surface area contributed by atoms with Gasteiger partial charge in [0, 0.05) is 21.5 Å². The van der Waals surface area contributed by atoms with Crippen LogP contribution in [0.5, 0.6) is 0 Å². The van der Waals surface area contributed by atoms with Gasteiger partial charge in [-0.3, -0.25) is 4.79 Å². The summed E-state index contributed by atoms with van der Waals surface area (Å²) < 4.78 is 0. The quantitative estimate of drug-likeness (QED) is 0.633. The van der Waals surface area contributed by atoms with Gasteiger partial charge < -0.3 is 10.1 Å². The standard InChI is InChI=1S/C20H21NO2S/c1-20(2,3)15-6-4-13(5-7-15)18-11-14-10-16(24-12-19(22)23)8-9-17(14)21-18/h4-11,21H,12H2,1-3H3,(H,22,23). The Morgan fingerprint density at radius 1 is 1.08 bits per heavy atom. The lowest BCUT2D eigenvalue weighted by Gasteiger charge is -2.19. The van der Waals surface area contributed by atoms with Gasteiger partial charge >= 0.3 is 5.97 Å². The number of benzene rings is 2. The van der Waals surface area contributed by atoms with E-state index < -0.39 is 5.97 Å². The second-order valence-corrected chi connectivity index (χ2v) is 7.99. The first kappa shape index (κ1) is 16.7. The molecule has 0 fully saturated rings. The van der Waals surface area contributed by atoms with E-state index in [2.05, 4.69) is 56.1 Å². The minimum absolute atomic E-state index is 0.0804. The third-order valence-electron chi connectivity index (χ3n) is 4.02. The van der Waals surface area contributed by atoms with Crippen LogP contribution in [0.15, 0.2) is 53.4 Å². The molecule has 3 nitrogen and oxygen atoms in total. The molecule has 4 heteroatoms. The normalized spacial score (nSPS) is 11.8. The zero-order valence-corrected chi connectivity index (χ0v) is 14.9. The molecule has 3 rings (SSSR count). The molecule has 0 saturated carbocycles. The maximum atomic E-state index is 10.7. The van der Waals surface area contributed by atoms with Gasteiger partial charge in [-0.2, -0.15) is 0 Å². The van der Waals surface area contributed by atoms with Crippen molar-refractivity contribution in [3.8, 4) is 11.3 Å². The van der Waals surface area contributed by atoms with Crippen LogP contribution in [0.3, 0.4) is 0 Å². The van der Waals surface area contributed by atoms with Gasteiger partial charge in [0.2, 0.25) is 0 Å². The van der Waals surface area contributed by atoms with Gasteiger partial charge in [-0.15, -0.1) is 11.8 Å². The average molecular weight is 339 g/mol. The molecule has 1 aromatic heterocycles. The maximum Gasteiger partial charge on any atom is 0.313 e. The number of hydrogen-bond donors (Lipinski definition) is 2. The highest BCUT2D eigenvalue weighted by atomic mass is 32.2. The summed E-state index contributed by atoms with van der Waals surface area (Å²) in [7, 11) is 0. The fourth-order valence-electron chi connectivity index (χ4n) is 2.65. The minimum Gasteiger partial charge on any atom is -0.481 e. The van der Waals surface area contributed by atoms with E-state index in [0.717, 1.165) is 27.1 Å². The number of rotatable bonds is 4. The number of aliphatic carboxylic acids is 1. The Kier molecular flexibility index (Phi) is 4.41. The fourth-order valence-corrected chi connectivity index (χ4v) is 3.32. The van der Waals surface area contributed by atoms with Gasteiger partial charge in [0.15, 0.2) is 0 Å². The Hall–Kier alpha value is -2.20. The second-order valence-electron chi connectivity index (χ2n) is 6.94. The fraction of sp³-hybridized carbons (Fsp3) is 0.250. The highest BCUT2D eigenvalue weighted by molar-refractivity contribution is 8.00. The van der Waals surface area contributed by atoms with Gasteiger partial charge in [-0.25, -0.2) is 0 Å². The summed E-state index contributed by atoms with van der Waals surface area (Å²) in [5, 5.41) is 9.89. The van der Waals surface area contributed by atoms with Crippen molar-refractivity contribution in [3.63, 3.8) is 0 Å². The first-order valence-electron chi connectivity index (χ1n) is 7.91. The van der Waals surface area contributed by atoms with Gasteiger partial charge in [-0.05, 0) is 40.8 Å². The van der Waals surface area contributed by atoms with E-state index in [1.165, 1.54) is 17.3 Å². The monoisotopic (exact) mass is 339 g/mol. The first-order valence-corrected chi connectivity index (χ1v) is 8.90. The number of nitrogens with one attached hydrogen (secondary N) is 1. The largest absolute Gasteiger partial charge is 0.481 e. The molecule has 24 heavy (non-hydrogen) atoms. The highest BCUT2D eigenvalue weighted by Gasteiger charge is 2.13. The third kappa shape index (κ3) is 3.65. The summed E-state index contributed by atoms with van der Waals surface area (Å²) in [5.74, 6) is -0.717. The van der Waals surface area contributed by atoms with E-state index in [1.807, 2.05) is 18.2 Å². The van der Waals surface area contributed by atoms with Gasteiger partial charge in [0.1, 0.15) is 0 Å². The van der Waals surface area contributed by atoms with Crippen LogP contribution in [0, 0.1) is 0 Å². The lowest BCUT2D eigenvalue weighted by Crippen LogP contribution is -2.10. The highest BCUT2D eigenvalue weighted by Crippen LogP contribution is 2.30. The predicted octanol–water partition coefficient (Wildman–Crippen LogP) is 5.31. The molecule has 3 aromatic rings. The molecule has 0 bridgehead atoms. The van der Waals surface area contributed by atoms with E-state index in [-0.39, 0.29) is 11.2 Å². The van der Waals surface area contributed by atoms with E-state index >= 15 is 0 Å². The Morgan fingerprint density at radius 3 is 2.42 bits per heavy atom. The van der Waals surface area contributed by atoms with E-state index in [0.29, 0.717) is 0 Å². The molecule has 0 aliphatic rings. The summed E-state index contributed by atoms with van der Waals surface area (Å²) in [4.78, 5) is 15.1. The average Bonchev–Trinajstić information content (AvgIpc) is 2.95. The minimum atomic E-state index is -0.797. The number of carboxylic acid groups (broad SMARTS) is 1. The van der Waals surface area contributed by atoms with Crippen molar-refractivity contribution in [3.05, 3.63) is 54.1 Å². The van der Waals surface area contributed by atoms with Crippen molar-refractivity contribution in [2.24, 2.45) is 0 Å². The number of carboxylic acids is 1. The molecule has 0 atom stereocenters. The molecule has 0 aliphatic carbocycles. The Bertz CT molecular complexity index is 873. The molecule has 0 amide bonds. The van der Waals surface area contributed by atoms with E-state index in [9.17, 15) is 4.79 Å². The Balaban J connectivity index is 1.89. The molecule has 0 saturated heterocycles. The number of fused-ring (bicyclic) bond motifs is 1. The van der Waals surface area contributed by atoms with E-state index in [1.54, 1.807) is 0 Å². The predicted molar refractivity (Wildman–Crippen MR) is 101 cm³/mol. The number of carbonyl (C=O) groups is 1. The SMILES string of the molecule is CC(C)(C)c1ccc(-c2cc3cc(SCC(=O)O)ccc3[nH]2)cc1. The van der Waals surface area contributed by atoms with Gasteiger partial charge in [-0.1, -0.05) is 45.0 Å². The summed E-state index contributed by atoms with van der Waals surface area (Å²) >= 11 is 1.34. The van der Waals surface area contributed by atoms with Crippen molar-refractivity contribution in [1.29, 1.82) is 0 Å². The number of hydrogen-bond acceptors (Lipinski definition) is 2. The molecule has 0 spiro atoms. The van der Waals surface area contributed by atoms with Crippen LogP contribution in [0.4, 0.5) is 0 Å². The zero-order chi connectivity index (χ0) is 17.3. The van der Waals surface area contributed by atoms with Crippen molar-refractivity contribution in [2.45, 2.75) is 31.1 Å².